The fourth-order valence-electron chi connectivity index (χ4n) is 3.74. The van der Waals surface area contributed by atoms with Gasteiger partial charge in [-0.1, -0.05) is 0 Å². The maximum Gasteiger partial charge on any atom is 0.333 e. The van der Waals surface area contributed by atoms with E-state index in [4.69, 9.17) is 20.6 Å². The van der Waals surface area contributed by atoms with E-state index in [0.717, 1.165) is 25.9 Å². The molecule has 3 rings (SSSR count). The van der Waals surface area contributed by atoms with Gasteiger partial charge in [-0.2, -0.15) is 0 Å². The van der Waals surface area contributed by atoms with Crippen LogP contribution in [0, 0.1) is 5.41 Å². The van der Waals surface area contributed by atoms with Gasteiger partial charge in [0.2, 0.25) is 0 Å². The first-order chi connectivity index (χ1) is 15.2. The highest BCUT2D eigenvalue weighted by Crippen LogP contribution is 2.34. The smallest absolute Gasteiger partial charge is 0.333 e. The van der Waals surface area contributed by atoms with Crippen molar-refractivity contribution in [2.75, 3.05) is 32.1 Å². The molecule has 2 aromatic rings. The first-order valence-corrected chi connectivity index (χ1v) is 10.8. The van der Waals surface area contributed by atoms with Gasteiger partial charge < -0.3 is 30.5 Å². The molecule has 0 radical (unpaired) electrons. The van der Waals surface area contributed by atoms with Crippen molar-refractivity contribution in [3.8, 4) is 11.5 Å². The normalized spacial score (nSPS) is 16.7. The van der Waals surface area contributed by atoms with Crippen molar-refractivity contribution >= 4 is 17.5 Å². The second-order valence-electron chi connectivity index (χ2n) is 8.29. The van der Waals surface area contributed by atoms with Crippen LogP contribution >= 0.6 is 0 Å². The third-order valence-electron chi connectivity index (χ3n) is 5.75. The van der Waals surface area contributed by atoms with E-state index >= 15 is 0 Å². The van der Waals surface area contributed by atoms with Crippen molar-refractivity contribution in [2.45, 2.75) is 38.3 Å². The zero-order valence-electron chi connectivity index (χ0n) is 18.9. The fraction of sp³-hybridized carbons (Fsp3) is 0.417. The number of aliphatic carboxylic acids is 1. The molecule has 0 bridgehead atoms. The fourth-order valence-corrected chi connectivity index (χ4v) is 3.74. The Bertz CT molecular complexity index is 955. The number of rotatable bonds is 9. The zero-order chi connectivity index (χ0) is 23.3. The second-order valence-corrected chi connectivity index (χ2v) is 8.29. The van der Waals surface area contributed by atoms with Crippen LogP contribution in [-0.2, 0) is 10.3 Å². The van der Waals surface area contributed by atoms with E-state index in [0.29, 0.717) is 34.9 Å². The van der Waals surface area contributed by atoms with Crippen LogP contribution in [0.5, 0.6) is 11.5 Å². The summed E-state index contributed by atoms with van der Waals surface area (Å²) in [5.74, 6) is 0.0838. The summed E-state index contributed by atoms with van der Waals surface area (Å²) in [6.45, 7) is 5.88. The van der Waals surface area contributed by atoms with Crippen LogP contribution in [0.25, 0.3) is 0 Å². The van der Waals surface area contributed by atoms with Crippen molar-refractivity contribution < 1.29 is 19.4 Å². The molecule has 0 amide bonds. The number of piperidine rings is 1. The van der Waals surface area contributed by atoms with E-state index < -0.39 is 11.5 Å². The molecule has 0 saturated carbocycles. The van der Waals surface area contributed by atoms with Gasteiger partial charge in [0.1, 0.15) is 23.4 Å². The molecule has 1 saturated heterocycles. The van der Waals surface area contributed by atoms with Crippen LogP contribution in [0.15, 0.2) is 42.5 Å². The first-order valence-electron chi connectivity index (χ1n) is 10.8. The van der Waals surface area contributed by atoms with Gasteiger partial charge in [0, 0.05) is 30.4 Å². The lowest BCUT2D eigenvalue weighted by Crippen LogP contribution is -2.40. The second kappa shape index (κ2) is 9.91. The summed E-state index contributed by atoms with van der Waals surface area (Å²) < 4.78 is 11.9. The van der Waals surface area contributed by atoms with Gasteiger partial charge in [0.15, 0.2) is 5.54 Å². The van der Waals surface area contributed by atoms with E-state index in [1.54, 1.807) is 43.3 Å². The Balaban J connectivity index is 1.92. The maximum absolute atomic E-state index is 12.4. The molecule has 1 aliphatic rings. The van der Waals surface area contributed by atoms with E-state index in [1.165, 1.54) is 0 Å². The largest absolute Gasteiger partial charge is 0.494 e. The maximum atomic E-state index is 12.4. The van der Waals surface area contributed by atoms with Crippen LogP contribution < -0.4 is 20.5 Å². The number of anilines is 1. The molecule has 0 aliphatic carbocycles. The van der Waals surface area contributed by atoms with Crippen LogP contribution in [0.2, 0.25) is 0 Å². The minimum atomic E-state index is -1.43. The Morgan fingerprint density at radius 2 is 1.84 bits per heavy atom. The summed E-state index contributed by atoms with van der Waals surface area (Å²) >= 11 is 0. The quantitative estimate of drug-likeness (QED) is 0.349. The number of nitrogens with zero attached hydrogens (tertiary/aromatic N) is 1. The number of carbonyl (C=O) groups is 1. The highest BCUT2D eigenvalue weighted by molar-refractivity contribution is 5.95. The number of nitrogens with one attached hydrogen (secondary N) is 2. The van der Waals surface area contributed by atoms with Gasteiger partial charge >= 0.3 is 5.97 Å². The summed E-state index contributed by atoms with van der Waals surface area (Å²) in [6.07, 6.45) is 1.92. The molecular formula is C24H32N4O4. The number of nitrogens with two attached hydrogens (primary N) is 1. The average molecular weight is 441 g/mol. The SMILES string of the molecule is CCOc1cc(OC2CCN(C)CC2)cc(C(C)(Nc2ccc(C(=N)N)cc2)C(=O)O)c1. The first kappa shape index (κ1) is 23.4. The molecule has 1 fully saturated rings. The molecule has 1 aliphatic heterocycles. The van der Waals surface area contributed by atoms with Crippen LogP contribution in [0.3, 0.4) is 0 Å². The predicted octanol–water partition coefficient (Wildman–Crippen LogP) is 3.25. The number of carboxylic acids is 1. The summed E-state index contributed by atoms with van der Waals surface area (Å²) in [4.78, 5) is 14.7. The van der Waals surface area contributed by atoms with Crippen molar-refractivity contribution in [3.05, 3.63) is 53.6 Å². The Morgan fingerprint density at radius 3 is 2.41 bits per heavy atom. The van der Waals surface area contributed by atoms with Crippen molar-refractivity contribution in [1.29, 1.82) is 5.41 Å². The molecule has 8 nitrogen and oxygen atoms in total. The molecule has 5 N–H and O–H groups in total. The average Bonchev–Trinajstić information content (AvgIpc) is 2.75. The van der Waals surface area contributed by atoms with Crippen molar-refractivity contribution in [1.82, 2.24) is 4.90 Å². The molecule has 0 aromatic heterocycles. The van der Waals surface area contributed by atoms with Gasteiger partial charge in [-0.25, -0.2) is 4.79 Å². The minimum absolute atomic E-state index is 0.0438. The minimum Gasteiger partial charge on any atom is -0.494 e. The molecular weight excluding hydrogens is 408 g/mol. The van der Waals surface area contributed by atoms with Gasteiger partial charge in [0.05, 0.1) is 6.61 Å². The molecule has 0 spiro atoms. The molecule has 32 heavy (non-hydrogen) atoms. The highest BCUT2D eigenvalue weighted by Gasteiger charge is 2.36. The van der Waals surface area contributed by atoms with E-state index in [9.17, 15) is 9.90 Å². The summed E-state index contributed by atoms with van der Waals surface area (Å²) in [5, 5.41) is 20.8. The number of likely N-dealkylation sites (tertiary alicyclic amines) is 1. The van der Waals surface area contributed by atoms with Crippen LogP contribution in [0.1, 0.15) is 37.8 Å². The number of nitrogen functional groups attached to an aromatic ring is 1. The van der Waals surface area contributed by atoms with E-state index in [1.807, 2.05) is 13.0 Å². The molecule has 172 valence electrons. The lowest BCUT2D eigenvalue weighted by atomic mass is 9.91. The van der Waals surface area contributed by atoms with E-state index in [-0.39, 0.29) is 11.9 Å². The van der Waals surface area contributed by atoms with Gasteiger partial charge in [-0.3, -0.25) is 5.41 Å². The Labute approximate surface area is 188 Å². The Hall–Kier alpha value is -3.26. The van der Waals surface area contributed by atoms with Gasteiger partial charge in [-0.05, 0) is 75.7 Å². The topological polar surface area (TPSA) is 121 Å². The third-order valence-corrected chi connectivity index (χ3v) is 5.75. The van der Waals surface area contributed by atoms with E-state index in [2.05, 4.69) is 17.3 Å². The molecule has 1 atom stereocenters. The number of hydrogen-bond acceptors (Lipinski definition) is 6. The molecule has 8 heteroatoms. The summed E-state index contributed by atoms with van der Waals surface area (Å²) in [6, 6.07) is 12.1. The van der Waals surface area contributed by atoms with Gasteiger partial charge in [-0.15, -0.1) is 0 Å². The van der Waals surface area contributed by atoms with Crippen LogP contribution in [0.4, 0.5) is 5.69 Å². The molecule has 1 heterocycles. The molecule has 1 unspecified atom stereocenters. The van der Waals surface area contributed by atoms with Crippen molar-refractivity contribution in [3.63, 3.8) is 0 Å². The number of benzene rings is 2. The number of ether oxygens (including phenoxy) is 2. The number of hydrogen-bond donors (Lipinski definition) is 4. The zero-order valence-corrected chi connectivity index (χ0v) is 18.9. The number of carboxylic acid groups (broad SMARTS) is 1. The Morgan fingerprint density at radius 1 is 1.22 bits per heavy atom. The standard InChI is InChI=1S/C24H32N4O4/c1-4-31-20-13-17(14-21(15-20)32-19-9-11-28(3)12-10-19)24(2,23(29)30)27-18-7-5-16(6-8-18)22(25)26/h5-8,13-15,19,27H,4,9-12H2,1-3H3,(H3,25,26)(H,29,30). The Kier molecular flexibility index (Phi) is 7.25. The van der Waals surface area contributed by atoms with Crippen molar-refractivity contribution in [2.24, 2.45) is 5.73 Å². The lowest BCUT2D eigenvalue weighted by molar-refractivity contribution is -0.142. The predicted molar refractivity (Wildman–Crippen MR) is 125 cm³/mol. The molecule has 2 aromatic carbocycles. The van der Waals surface area contributed by atoms with Crippen LogP contribution in [-0.4, -0.2) is 54.7 Å². The highest BCUT2D eigenvalue weighted by atomic mass is 16.5. The number of amidine groups is 1. The lowest BCUT2D eigenvalue weighted by Gasteiger charge is -2.31. The summed E-state index contributed by atoms with van der Waals surface area (Å²) in [5.41, 5.74) is 5.77. The summed E-state index contributed by atoms with van der Waals surface area (Å²) in [7, 11) is 2.09. The third kappa shape index (κ3) is 5.50. The monoisotopic (exact) mass is 440 g/mol. The van der Waals surface area contributed by atoms with Gasteiger partial charge in [0.25, 0.3) is 0 Å².